The number of allylic oxidation sites excluding steroid dienone is 2. The third-order valence-electron chi connectivity index (χ3n) is 2.39. The number of halogens is 3. The Bertz CT molecular complexity index is 376. The third-order valence-corrected chi connectivity index (χ3v) is 2.39. The van der Waals surface area contributed by atoms with Gasteiger partial charge in [0.05, 0.1) is 0 Å². The molecular weight excluding hydrogens is 201 g/mol. The summed E-state index contributed by atoms with van der Waals surface area (Å²) in [5.41, 5.74) is -1.28. The van der Waals surface area contributed by atoms with Gasteiger partial charge in [-0.05, 0) is 6.92 Å². The van der Waals surface area contributed by atoms with Crippen molar-refractivity contribution in [3.63, 3.8) is 0 Å². The van der Waals surface area contributed by atoms with Gasteiger partial charge in [0.15, 0.2) is 0 Å². The van der Waals surface area contributed by atoms with Crippen molar-refractivity contribution in [3.05, 3.63) is 60.5 Å². The Morgan fingerprint density at radius 1 is 1.07 bits per heavy atom. The van der Waals surface area contributed by atoms with Crippen LogP contribution < -0.4 is 0 Å². The van der Waals surface area contributed by atoms with Gasteiger partial charge in [0.25, 0.3) is 0 Å². The summed E-state index contributed by atoms with van der Waals surface area (Å²) in [7, 11) is 0. The number of rotatable bonds is 3. The zero-order chi connectivity index (χ0) is 11.6. The molecule has 0 nitrogen and oxygen atoms in total. The van der Waals surface area contributed by atoms with Crippen molar-refractivity contribution < 1.29 is 13.2 Å². The molecule has 1 aromatic rings. The molecule has 1 aromatic carbocycles. The van der Waals surface area contributed by atoms with Crippen LogP contribution in [0.4, 0.5) is 13.2 Å². The number of hydrogen-bond acceptors (Lipinski definition) is 0. The van der Waals surface area contributed by atoms with E-state index in [4.69, 9.17) is 0 Å². The Morgan fingerprint density at radius 3 is 1.80 bits per heavy atom. The molecule has 3 heteroatoms. The quantitative estimate of drug-likeness (QED) is 0.669. The number of hydrogen-bond donors (Lipinski definition) is 0. The first kappa shape index (κ1) is 11.6. The SMILES string of the molecule is C=CC(C)(C=C)c1c(F)cc(F)cc1F. The van der Waals surface area contributed by atoms with Gasteiger partial charge >= 0.3 is 0 Å². The van der Waals surface area contributed by atoms with E-state index in [9.17, 15) is 13.2 Å². The van der Waals surface area contributed by atoms with Crippen LogP contribution in [-0.4, -0.2) is 0 Å². The first-order valence-corrected chi connectivity index (χ1v) is 4.37. The van der Waals surface area contributed by atoms with E-state index >= 15 is 0 Å². The van der Waals surface area contributed by atoms with E-state index in [1.165, 1.54) is 12.2 Å². The zero-order valence-electron chi connectivity index (χ0n) is 8.36. The van der Waals surface area contributed by atoms with Crippen LogP contribution in [0.5, 0.6) is 0 Å². The largest absolute Gasteiger partial charge is 0.207 e. The normalized spacial score (nSPS) is 11.2. The molecule has 80 valence electrons. The van der Waals surface area contributed by atoms with Crippen LogP contribution in [0.25, 0.3) is 0 Å². The smallest absolute Gasteiger partial charge is 0.133 e. The molecule has 0 aliphatic carbocycles. The second-order valence-electron chi connectivity index (χ2n) is 3.44. The predicted molar refractivity (Wildman–Crippen MR) is 54.1 cm³/mol. The van der Waals surface area contributed by atoms with Gasteiger partial charge in [-0.1, -0.05) is 12.2 Å². The summed E-state index contributed by atoms with van der Waals surface area (Å²) in [6.45, 7) is 8.52. The first-order chi connectivity index (χ1) is 6.94. The van der Waals surface area contributed by atoms with Crippen LogP contribution in [0.15, 0.2) is 37.4 Å². The van der Waals surface area contributed by atoms with Crippen molar-refractivity contribution in [2.24, 2.45) is 0 Å². The van der Waals surface area contributed by atoms with Gasteiger partial charge in [0.1, 0.15) is 17.5 Å². The van der Waals surface area contributed by atoms with E-state index in [1.54, 1.807) is 6.92 Å². The van der Waals surface area contributed by atoms with Crippen LogP contribution in [0.3, 0.4) is 0 Å². The first-order valence-electron chi connectivity index (χ1n) is 4.37. The van der Waals surface area contributed by atoms with Crippen molar-refractivity contribution in [1.29, 1.82) is 0 Å². The molecule has 0 fully saturated rings. The molecular formula is C12H11F3. The van der Waals surface area contributed by atoms with Gasteiger partial charge in [-0.3, -0.25) is 0 Å². The van der Waals surface area contributed by atoms with Gasteiger partial charge in [0.2, 0.25) is 0 Å². The molecule has 1 rings (SSSR count). The zero-order valence-corrected chi connectivity index (χ0v) is 8.36. The van der Waals surface area contributed by atoms with Crippen LogP contribution in [0.2, 0.25) is 0 Å². The second-order valence-corrected chi connectivity index (χ2v) is 3.44. The maximum atomic E-state index is 13.4. The molecule has 0 aliphatic heterocycles. The van der Waals surface area contributed by atoms with Crippen LogP contribution in [0, 0.1) is 17.5 Å². The molecule has 0 N–H and O–H groups in total. The Balaban J connectivity index is 3.49. The summed E-state index contributed by atoms with van der Waals surface area (Å²) in [6, 6.07) is 1.29. The lowest BCUT2D eigenvalue weighted by molar-refractivity contribution is 0.501. The summed E-state index contributed by atoms with van der Waals surface area (Å²) >= 11 is 0. The van der Waals surface area contributed by atoms with E-state index in [0.717, 1.165) is 0 Å². The van der Waals surface area contributed by atoms with Crippen LogP contribution in [-0.2, 0) is 5.41 Å². The second kappa shape index (κ2) is 3.93. The topological polar surface area (TPSA) is 0 Å². The summed E-state index contributed by atoms with van der Waals surface area (Å²) in [6.07, 6.45) is 2.72. The van der Waals surface area contributed by atoms with Gasteiger partial charge in [-0.25, -0.2) is 13.2 Å². The fourth-order valence-corrected chi connectivity index (χ4v) is 1.34. The monoisotopic (exact) mass is 212 g/mol. The summed E-state index contributed by atoms with van der Waals surface area (Å²) < 4.78 is 39.5. The van der Waals surface area contributed by atoms with E-state index < -0.39 is 22.9 Å². The molecule has 0 saturated carbocycles. The lowest BCUT2D eigenvalue weighted by Crippen LogP contribution is -2.19. The van der Waals surface area contributed by atoms with Crippen LogP contribution >= 0.6 is 0 Å². The van der Waals surface area contributed by atoms with Gasteiger partial charge in [-0.2, -0.15) is 0 Å². The van der Waals surface area contributed by atoms with Crippen molar-refractivity contribution in [2.45, 2.75) is 12.3 Å². The lowest BCUT2D eigenvalue weighted by atomic mass is 9.82. The predicted octanol–water partition coefficient (Wildman–Crippen LogP) is 3.73. The molecule has 0 amide bonds. The average Bonchev–Trinajstić information content (AvgIpc) is 2.15. The minimum absolute atomic E-state index is 0.242. The van der Waals surface area contributed by atoms with E-state index in [1.807, 2.05) is 0 Å². The van der Waals surface area contributed by atoms with Gasteiger partial charge in [0, 0.05) is 23.1 Å². The molecule has 0 aromatic heterocycles. The van der Waals surface area contributed by atoms with E-state index in [0.29, 0.717) is 12.1 Å². The van der Waals surface area contributed by atoms with E-state index in [-0.39, 0.29) is 5.56 Å². The maximum Gasteiger partial charge on any atom is 0.133 e. The standard InChI is InChI=1S/C12H11F3/c1-4-12(3,5-2)11-9(14)6-8(13)7-10(11)15/h4-7H,1-2H2,3H3. The summed E-state index contributed by atoms with van der Waals surface area (Å²) in [4.78, 5) is 0. The molecule has 0 saturated heterocycles. The molecule has 0 spiro atoms. The molecule has 0 radical (unpaired) electrons. The minimum atomic E-state index is -1.04. The van der Waals surface area contributed by atoms with Crippen molar-refractivity contribution >= 4 is 0 Å². The number of benzene rings is 1. The third kappa shape index (κ3) is 1.96. The van der Waals surface area contributed by atoms with Crippen molar-refractivity contribution in [1.82, 2.24) is 0 Å². The van der Waals surface area contributed by atoms with Gasteiger partial charge in [-0.15, -0.1) is 13.2 Å². The summed E-state index contributed by atoms with van der Waals surface area (Å²) in [5, 5.41) is 0. The van der Waals surface area contributed by atoms with Crippen LogP contribution in [0.1, 0.15) is 12.5 Å². The Morgan fingerprint density at radius 2 is 1.47 bits per heavy atom. The Kier molecular flexibility index (Phi) is 3.03. The molecule has 0 heterocycles. The highest BCUT2D eigenvalue weighted by Crippen LogP contribution is 2.31. The van der Waals surface area contributed by atoms with E-state index in [2.05, 4.69) is 13.2 Å². The maximum absolute atomic E-state index is 13.4. The summed E-state index contributed by atoms with van der Waals surface area (Å²) in [5.74, 6) is -2.81. The van der Waals surface area contributed by atoms with Crippen molar-refractivity contribution in [3.8, 4) is 0 Å². The fraction of sp³-hybridized carbons (Fsp3) is 0.167. The highest BCUT2D eigenvalue weighted by atomic mass is 19.1. The average molecular weight is 212 g/mol. The van der Waals surface area contributed by atoms with Crippen molar-refractivity contribution in [2.75, 3.05) is 0 Å². The lowest BCUT2D eigenvalue weighted by Gasteiger charge is -2.22. The highest BCUT2D eigenvalue weighted by Gasteiger charge is 2.27. The molecule has 0 bridgehead atoms. The fourth-order valence-electron chi connectivity index (χ4n) is 1.34. The van der Waals surface area contributed by atoms with Gasteiger partial charge < -0.3 is 0 Å². The Labute approximate surface area is 86.7 Å². The molecule has 0 aliphatic rings. The minimum Gasteiger partial charge on any atom is -0.207 e. The Hall–Kier alpha value is -1.51. The molecule has 0 atom stereocenters. The molecule has 15 heavy (non-hydrogen) atoms. The highest BCUT2D eigenvalue weighted by molar-refractivity contribution is 5.37. The molecule has 0 unspecified atom stereocenters.